The largest absolute Gasteiger partial charge is 0.425 e. The van der Waals surface area contributed by atoms with Gasteiger partial charge in [0.05, 0.1) is 28.9 Å². The van der Waals surface area contributed by atoms with Crippen molar-refractivity contribution in [1.82, 2.24) is 4.98 Å². The molecule has 7 aromatic rings. The fourth-order valence-electron chi connectivity index (χ4n) is 5.71. The maximum atomic E-state index is 13.3. The van der Waals surface area contributed by atoms with Crippen molar-refractivity contribution in [2.75, 3.05) is 0 Å². The number of hydrogen-bond donors (Lipinski definition) is 2. The van der Waals surface area contributed by atoms with E-state index in [0.29, 0.717) is 11.3 Å². The fourth-order valence-corrected chi connectivity index (χ4v) is 74.3. The normalized spacial score (nSPS) is 9.27. The van der Waals surface area contributed by atoms with Gasteiger partial charge in [-0.15, -0.1) is 4.57 Å². The molecule has 0 aliphatic heterocycles. The minimum absolute atomic E-state index is 0.0405. The molecule has 0 amide bonds. The van der Waals surface area contributed by atoms with E-state index in [1.54, 1.807) is 239 Å². The molecule has 0 bridgehead atoms. The molecule has 77 heavy (non-hydrogen) atoms. The molecule has 0 radical (unpaired) electrons. The lowest BCUT2D eigenvalue weighted by atomic mass is 10.0. The van der Waals surface area contributed by atoms with Crippen LogP contribution in [0.5, 0.6) is 0 Å². The molecule has 38 heteroatoms. The zero-order valence-corrected chi connectivity index (χ0v) is 64.5. The van der Waals surface area contributed by atoms with Gasteiger partial charge >= 0.3 is 5.91 Å². The van der Waals surface area contributed by atoms with Crippen LogP contribution >= 0.6 is 0 Å². The summed E-state index contributed by atoms with van der Waals surface area (Å²) in [6.45, 7) is -0.263. The number of hydrogen-bond acceptors (Lipinski definition) is 8. The highest BCUT2D eigenvalue weighted by atomic mass is 33.5. The van der Waals surface area contributed by atoms with Gasteiger partial charge in [-0.25, -0.2) is 9.78 Å². The Morgan fingerprint density at radius 3 is 1.12 bits per heavy atom. The predicted molar refractivity (Wildman–Crippen MR) is 418 cm³/mol. The van der Waals surface area contributed by atoms with Crippen molar-refractivity contribution in [3.63, 3.8) is 0 Å². The summed E-state index contributed by atoms with van der Waals surface area (Å²) in [5.41, 5.74) is 5.57. The number of aliphatic hydroxyl groups is 2. The van der Waals surface area contributed by atoms with Crippen LogP contribution in [0.3, 0.4) is 0 Å². The second-order valence-electron chi connectivity index (χ2n) is 12.3. The van der Waals surface area contributed by atoms with E-state index in [2.05, 4.69) is 11.1 Å². The average molecular weight is 1630 g/mol. The molecule has 0 aliphatic carbocycles. The van der Waals surface area contributed by atoms with Crippen molar-refractivity contribution in [2.45, 2.75) is 13.2 Å². The van der Waals surface area contributed by atoms with E-state index >= 15 is 0 Å². The molecule has 5 aromatic carbocycles. The molecule has 0 spiro atoms. The number of aliphatic hydroxyl groups excluding tert-OH is 2. The van der Waals surface area contributed by atoms with Crippen LogP contribution in [-0.2, 0) is 316 Å². The lowest BCUT2D eigenvalue weighted by Gasteiger charge is -2.10. The number of fused-ring (bicyclic) bond motifs is 2. The fraction of sp³-hybridized carbons (Fsp3) is 0.0513. The van der Waals surface area contributed by atoms with Crippen LogP contribution < -0.4 is 4.57 Å². The average Bonchev–Trinajstić information content (AvgIpc) is 3.49. The lowest BCUT2D eigenvalue weighted by molar-refractivity contribution is -0.568. The molecule has 412 valence electrons. The van der Waals surface area contributed by atoms with E-state index in [4.69, 9.17) is 44.8 Å². The van der Waals surface area contributed by atoms with Crippen LogP contribution in [0.15, 0.2) is 152 Å². The maximum absolute atomic E-state index is 13.3. The third-order valence-electron chi connectivity index (χ3n) is 8.31. The summed E-state index contributed by atoms with van der Waals surface area (Å²) in [4.78, 5) is 17.9. The van der Waals surface area contributed by atoms with Crippen LogP contribution in [0.2, 0.25) is 0 Å². The highest BCUT2D eigenvalue weighted by Gasteiger charge is 2.29. The molecule has 2 heterocycles. The topological polar surface area (TPSA) is 74.3 Å². The number of benzene rings is 5. The van der Waals surface area contributed by atoms with Crippen molar-refractivity contribution < 1.29 is 19.6 Å². The number of aromatic nitrogens is 2. The first-order valence-electron chi connectivity index (χ1n) is 19.6. The third-order valence-corrected chi connectivity index (χ3v) is 68.3. The van der Waals surface area contributed by atoms with Gasteiger partial charge in [0.25, 0.3) is 0 Å². The smallest absolute Gasteiger partial charge is 0.390 e. The van der Waals surface area contributed by atoms with Crippen LogP contribution in [0.1, 0.15) is 21.7 Å². The Morgan fingerprint density at radius 1 is 0.390 bits per heavy atom. The Kier molecular flexibility index (Phi) is 44.4. The second-order valence-corrected chi connectivity index (χ2v) is 63.6. The highest BCUT2D eigenvalue weighted by molar-refractivity contribution is 8.78. The quantitative estimate of drug-likeness (QED) is 0.175. The Labute approximate surface area is 548 Å². The van der Waals surface area contributed by atoms with Gasteiger partial charge in [-0.3, -0.25) is 0 Å². The summed E-state index contributed by atoms with van der Waals surface area (Å²) < 4.78 is 1.63. The summed E-state index contributed by atoms with van der Waals surface area (Å²) >= 11 is 18.9. The van der Waals surface area contributed by atoms with E-state index in [9.17, 15) is 15.0 Å². The van der Waals surface area contributed by atoms with Crippen LogP contribution in [0.4, 0.5) is 0 Å². The second kappa shape index (κ2) is 47.9. The molecule has 2 N–H and O–H groups in total. The number of carbonyl (C=O) groups is 1. The Morgan fingerprint density at radius 2 is 0.727 bits per heavy atom. The molecular formula is C39H31N2O3S33+. The molecule has 0 fully saturated rings. The van der Waals surface area contributed by atoms with Gasteiger partial charge in [-0.1, -0.05) is 109 Å². The lowest BCUT2D eigenvalue weighted by Crippen LogP contribution is -2.48. The Bertz CT molecular complexity index is 4460. The van der Waals surface area contributed by atoms with E-state index in [-0.39, 0.29) is 19.1 Å². The van der Waals surface area contributed by atoms with Gasteiger partial charge in [0.1, 0.15) is 6.61 Å². The number of rotatable bonds is 5. The zero-order valence-electron chi connectivity index (χ0n) is 37.5. The molecule has 0 saturated heterocycles. The summed E-state index contributed by atoms with van der Waals surface area (Å²) in [6.07, 6.45) is 0. The van der Waals surface area contributed by atoms with Gasteiger partial charge in [0.15, 0.2) is 0 Å². The van der Waals surface area contributed by atoms with Crippen LogP contribution in [-0.4, -0.2) is 21.1 Å². The number of carbonyl (C=O) groups excluding carboxylic acids is 1. The molecule has 5 nitrogen and oxygen atoms in total. The van der Waals surface area contributed by atoms with E-state index < -0.39 is 0 Å². The van der Waals surface area contributed by atoms with Gasteiger partial charge in [0, 0.05) is 325 Å². The van der Waals surface area contributed by atoms with Gasteiger partial charge in [0.2, 0.25) is 11.4 Å². The SMILES string of the molecule is O=C(c1ccccc1)[n+]1c(-c2ccccc2)cc2ccccc2c1CO.OCc1nc(-c2ccccc2)cc2ccccc12.S=S=S=S=S=S=S=S=S=S=S=S=S=S=S=S.S=S=S=S=S=S=S=S=S=S=S=S=S=S=S=S=S. The Balaban J connectivity index is 0.000000227. The molecule has 0 unspecified atom stereocenters. The standard InChI is InChI=1S/C23H18NO2.C16H13NO.S17.S16/c25-16-22-20-14-8-7-13-19(20)15-21(17-9-3-1-4-10-17)24(22)23(26)18-11-5-2-6-12-18;18-11-16-14-9-5-4-8-13(14)10-15(17-16)12-6-2-1-3-7-12;1-3-5-7-9-11-13-15-17-16-14-12-10-8-6-4-2;1-3-5-7-9-11-13-15-16-14-12-10-8-6-4-2/h1-15,25H,16H2;1-10,18H,11H2;;/q+1;;;. The number of pyridine rings is 2. The molecule has 7 rings (SSSR count). The van der Waals surface area contributed by atoms with Crippen molar-refractivity contribution in [1.29, 1.82) is 0 Å². The maximum Gasteiger partial charge on any atom is 0.425 e. The first kappa shape index (κ1) is 71.3. The Hall–Kier alpha value is 1.77. The van der Waals surface area contributed by atoms with Crippen molar-refractivity contribution >= 4 is 330 Å². The van der Waals surface area contributed by atoms with E-state index in [0.717, 1.165) is 49.8 Å². The van der Waals surface area contributed by atoms with Gasteiger partial charge in [-0.05, 0) is 47.2 Å². The van der Waals surface area contributed by atoms with Crippen LogP contribution in [0.25, 0.3) is 44.1 Å². The van der Waals surface area contributed by atoms with Crippen LogP contribution in [0, 0.1) is 0 Å². The highest BCUT2D eigenvalue weighted by Crippen LogP contribution is 2.26. The first-order valence-corrected chi connectivity index (χ1v) is 61.0. The summed E-state index contributed by atoms with van der Waals surface area (Å²) in [6, 6.07) is 48.8. The summed E-state index contributed by atoms with van der Waals surface area (Å²) in [5, 5.41) is 23.5. The van der Waals surface area contributed by atoms with Gasteiger partial charge in [-0.2, -0.15) is 0 Å². The van der Waals surface area contributed by atoms with Crippen molar-refractivity contribution in [3.8, 4) is 22.5 Å². The van der Waals surface area contributed by atoms with Crippen molar-refractivity contribution in [3.05, 3.63) is 169 Å². The predicted octanol–water partition coefficient (Wildman–Crippen LogP) is 7.29. The minimum Gasteiger partial charge on any atom is -0.390 e. The van der Waals surface area contributed by atoms with E-state index in [1.165, 1.54) is 35.5 Å². The van der Waals surface area contributed by atoms with Gasteiger partial charge < -0.3 is 10.2 Å². The zero-order chi connectivity index (χ0) is 54.8. The monoisotopic (exact) mass is 1630 g/mol. The summed E-state index contributed by atoms with van der Waals surface area (Å²) in [5.74, 6) is -0.153. The summed E-state index contributed by atoms with van der Waals surface area (Å²) in [7, 11) is 48.9. The molecule has 0 aliphatic rings. The molecule has 2 aromatic heterocycles. The molecule has 0 atom stereocenters. The first-order chi connectivity index (χ1) is 38.0. The minimum atomic E-state index is -0.222. The molecule has 0 saturated carbocycles. The van der Waals surface area contributed by atoms with Crippen molar-refractivity contribution in [2.24, 2.45) is 0 Å². The molecular weight excluding hydrogens is 1600 g/mol. The third kappa shape index (κ3) is 29.6. The number of nitrogens with zero attached hydrogens (tertiary/aromatic N) is 2. The van der Waals surface area contributed by atoms with E-state index in [1.807, 2.05) is 133 Å².